The van der Waals surface area contributed by atoms with Gasteiger partial charge >= 0.3 is 5.97 Å². The van der Waals surface area contributed by atoms with Gasteiger partial charge in [-0.25, -0.2) is 4.98 Å². The van der Waals surface area contributed by atoms with Gasteiger partial charge in [0.05, 0.1) is 23.2 Å². The highest BCUT2D eigenvalue weighted by molar-refractivity contribution is 9.10. The Balaban J connectivity index is 2.12. The minimum absolute atomic E-state index is 0.218. The number of anilines is 1. The fourth-order valence-electron chi connectivity index (χ4n) is 2.63. The van der Waals surface area contributed by atoms with Gasteiger partial charge < -0.3 is 10.4 Å². The number of aliphatic carboxylic acids is 1. The van der Waals surface area contributed by atoms with Crippen LogP contribution in [0.1, 0.15) is 31.4 Å². The van der Waals surface area contributed by atoms with Crippen LogP contribution in [0.5, 0.6) is 0 Å². The number of hydrogen-bond donors (Lipinski definition) is 2. The van der Waals surface area contributed by atoms with Gasteiger partial charge in [0.2, 0.25) is 5.91 Å². The lowest BCUT2D eigenvalue weighted by molar-refractivity contribution is -0.147. The zero-order valence-electron chi connectivity index (χ0n) is 11.2. The third-order valence-electron chi connectivity index (χ3n) is 3.73. The molecule has 1 aliphatic rings. The van der Waals surface area contributed by atoms with Crippen LogP contribution in [0, 0.1) is 18.8 Å². The first-order valence-electron chi connectivity index (χ1n) is 6.66. The lowest BCUT2D eigenvalue weighted by atomic mass is 9.78. The Kier molecular flexibility index (Phi) is 4.75. The highest BCUT2D eigenvalue weighted by Crippen LogP contribution is 2.31. The molecule has 20 heavy (non-hydrogen) atoms. The monoisotopic (exact) mass is 340 g/mol. The van der Waals surface area contributed by atoms with Crippen LogP contribution < -0.4 is 5.32 Å². The maximum atomic E-state index is 12.3. The van der Waals surface area contributed by atoms with Crippen molar-refractivity contribution in [2.75, 3.05) is 5.32 Å². The smallest absolute Gasteiger partial charge is 0.307 e. The molecule has 1 heterocycles. The van der Waals surface area contributed by atoms with E-state index < -0.39 is 17.8 Å². The van der Waals surface area contributed by atoms with Crippen molar-refractivity contribution in [3.05, 3.63) is 22.4 Å². The molecular weight excluding hydrogens is 324 g/mol. The Bertz CT molecular complexity index is 533. The topological polar surface area (TPSA) is 79.3 Å². The van der Waals surface area contributed by atoms with Crippen LogP contribution in [0.25, 0.3) is 0 Å². The first kappa shape index (κ1) is 15.0. The van der Waals surface area contributed by atoms with Crippen molar-refractivity contribution in [2.24, 2.45) is 11.8 Å². The summed E-state index contributed by atoms with van der Waals surface area (Å²) >= 11 is 3.27. The fraction of sp³-hybridized carbons (Fsp3) is 0.500. The molecule has 1 aromatic heterocycles. The van der Waals surface area contributed by atoms with Gasteiger partial charge in [-0.2, -0.15) is 0 Å². The molecule has 1 saturated carbocycles. The number of nitrogens with one attached hydrogen (secondary N) is 1. The van der Waals surface area contributed by atoms with Crippen LogP contribution in [-0.4, -0.2) is 22.0 Å². The zero-order valence-corrected chi connectivity index (χ0v) is 12.8. The van der Waals surface area contributed by atoms with Crippen LogP contribution in [0.15, 0.2) is 16.7 Å². The highest BCUT2D eigenvalue weighted by Gasteiger charge is 2.35. The summed E-state index contributed by atoms with van der Waals surface area (Å²) in [6.45, 7) is 1.80. The number of carboxylic acid groups (broad SMARTS) is 1. The van der Waals surface area contributed by atoms with E-state index in [0.717, 1.165) is 12.8 Å². The molecule has 1 aliphatic carbocycles. The first-order chi connectivity index (χ1) is 9.49. The maximum absolute atomic E-state index is 12.3. The summed E-state index contributed by atoms with van der Waals surface area (Å²) < 4.78 is 0.703. The normalized spacial score (nSPS) is 22.3. The van der Waals surface area contributed by atoms with Crippen molar-refractivity contribution >= 4 is 33.5 Å². The second-order valence-corrected chi connectivity index (χ2v) is 5.90. The van der Waals surface area contributed by atoms with Gasteiger partial charge in [0.1, 0.15) is 4.60 Å². The summed E-state index contributed by atoms with van der Waals surface area (Å²) in [6, 6.07) is 3.51. The molecule has 2 atom stereocenters. The van der Waals surface area contributed by atoms with Crippen LogP contribution in [0.2, 0.25) is 0 Å². The molecule has 1 amide bonds. The van der Waals surface area contributed by atoms with E-state index in [2.05, 4.69) is 26.2 Å². The molecule has 2 rings (SSSR count). The van der Waals surface area contributed by atoms with Gasteiger partial charge in [0, 0.05) is 0 Å². The van der Waals surface area contributed by atoms with Gasteiger partial charge in [-0.1, -0.05) is 12.8 Å². The van der Waals surface area contributed by atoms with E-state index in [9.17, 15) is 14.7 Å². The van der Waals surface area contributed by atoms with Crippen molar-refractivity contribution < 1.29 is 14.7 Å². The van der Waals surface area contributed by atoms with Crippen molar-refractivity contribution in [1.82, 2.24) is 4.98 Å². The molecule has 0 saturated heterocycles. The molecule has 2 N–H and O–H groups in total. The summed E-state index contributed by atoms with van der Waals surface area (Å²) in [5.41, 5.74) is 1.34. The number of amides is 1. The van der Waals surface area contributed by atoms with Crippen LogP contribution in [0.4, 0.5) is 5.69 Å². The molecule has 0 bridgehead atoms. The third-order valence-corrected chi connectivity index (χ3v) is 4.17. The number of hydrogen-bond acceptors (Lipinski definition) is 3. The molecule has 5 nitrogen and oxygen atoms in total. The van der Waals surface area contributed by atoms with Gasteiger partial charge in [-0.3, -0.25) is 9.59 Å². The Morgan fingerprint density at radius 1 is 1.30 bits per heavy atom. The molecular formula is C14H17BrN2O3. The lowest BCUT2D eigenvalue weighted by Gasteiger charge is -2.27. The van der Waals surface area contributed by atoms with E-state index >= 15 is 0 Å². The van der Waals surface area contributed by atoms with E-state index in [4.69, 9.17) is 0 Å². The lowest BCUT2D eigenvalue weighted by Crippen LogP contribution is -2.36. The van der Waals surface area contributed by atoms with Crippen molar-refractivity contribution in [3.63, 3.8) is 0 Å². The molecule has 0 aliphatic heterocycles. The highest BCUT2D eigenvalue weighted by atomic mass is 79.9. The van der Waals surface area contributed by atoms with E-state index in [-0.39, 0.29) is 5.91 Å². The predicted molar refractivity (Wildman–Crippen MR) is 78.4 cm³/mol. The van der Waals surface area contributed by atoms with Crippen LogP contribution in [0.3, 0.4) is 0 Å². The first-order valence-corrected chi connectivity index (χ1v) is 7.45. The number of aromatic nitrogens is 1. The quantitative estimate of drug-likeness (QED) is 0.829. The molecule has 1 aromatic rings. The number of carbonyl (C=O) groups excluding carboxylic acids is 1. The number of carboxylic acids is 1. The molecule has 0 spiro atoms. The van der Waals surface area contributed by atoms with Gasteiger partial charge in [0.25, 0.3) is 0 Å². The summed E-state index contributed by atoms with van der Waals surface area (Å²) in [7, 11) is 0. The summed E-state index contributed by atoms with van der Waals surface area (Å²) in [4.78, 5) is 27.8. The largest absolute Gasteiger partial charge is 0.481 e. The maximum Gasteiger partial charge on any atom is 0.307 e. The number of carbonyl (C=O) groups is 2. The predicted octanol–water partition coefficient (Wildman–Crippen LogP) is 2.98. The minimum atomic E-state index is -0.879. The summed E-state index contributed by atoms with van der Waals surface area (Å²) in [5, 5.41) is 12.0. The van der Waals surface area contributed by atoms with E-state index in [1.165, 1.54) is 0 Å². The average Bonchev–Trinajstić information content (AvgIpc) is 2.41. The SMILES string of the molecule is Cc1nc(Br)ccc1NC(=O)C1CCCCC1C(=O)O. The van der Waals surface area contributed by atoms with Crippen molar-refractivity contribution in [1.29, 1.82) is 0 Å². The summed E-state index contributed by atoms with van der Waals surface area (Å²) in [6.07, 6.45) is 2.98. The Morgan fingerprint density at radius 2 is 1.95 bits per heavy atom. The Morgan fingerprint density at radius 3 is 2.55 bits per heavy atom. The molecule has 0 aromatic carbocycles. The number of nitrogens with zero attached hydrogens (tertiary/aromatic N) is 1. The van der Waals surface area contributed by atoms with Gasteiger partial charge in [0.15, 0.2) is 0 Å². The van der Waals surface area contributed by atoms with E-state index in [1.807, 2.05) is 0 Å². The average molecular weight is 341 g/mol. The molecule has 0 radical (unpaired) electrons. The second-order valence-electron chi connectivity index (χ2n) is 5.09. The van der Waals surface area contributed by atoms with Crippen LogP contribution >= 0.6 is 15.9 Å². The summed E-state index contributed by atoms with van der Waals surface area (Å²) in [5.74, 6) is -2.13. The number of aryl methyl sites for hydroxylation is 1. The van der Waals surface area contributed by atoms with E-state index in [0.29, 0.717) is 28.8 Å². The van der Waals surface area contributed by atoms with E-state index in [1.54, 1.807) is 19.1 Å². The number of rotatable bonds is 3. The minimum Gasteiger partial charge on any atom is -0.481 e. The molecule has 2 unspecified atom stereocenters. The molecule has 1 fully saturated rings. The number of pyridine rings is 1. The van der Waals surface area contributed by atoms with Crippen molar-refractivity contribution in [2.45, 2.75) is 32.6 Å². The number of halogens is 1. The fourth-order valence-corrected chi connectivity index (χ4v) is 3.03. The van der Waals surface area contributed by atoms with Gasteiger partial charge in [-0.05, 0) is 47.8 Å². The standard InChI is InChI=1S/C14H17BrN2O3/c1-8-11(6-7-12(15)16-8)17-13(18)9-4-2-3-5-10(9)14(19)20/h6-7,9-10H,2-5H2,1H3,(H,17,18)(H,19,20). The Hall–Kier alpha value is -1.43. The van der Waals surface area contributed by atoms with Crippen molar-refractivity contribution in [3.8, 4) is 0 Å². The van der Waals surface area contributed by atoms with Crippen LogP contribution in [-0.2, 0) is 9.59 Å². The zero-order chi connectivity index (χ0) is 14.7. The molecule has 108 valence electrons. The van der Waals surface area contributed by atoms with Gasteiger partial charge in [-0.15, -0.1) is 0 Å². The Labute approximate surface area is 125 Å². The molecule has 6 heteroatoms. The second kappa shape index (κ2) is 6.35. The third kappa shape index (κ3) is 3.36.